The molecule has 1 aliphatic rings. The van der Waals surface area contributed by atoms with E-state index in [1.165, 1.54) is 0 Å². The van der Waals surface area contributed by atoms with E-state index in [0.717, 1.165) is 27.1 Å². The number of hydrogen-bond acceptors (Lipinski definition) is 3. The number of rotatable bonds is 5. The van der Waals surface area contributed by atoms with E-state index in [1.807, 2.05) is 50.2 Å². The Morgan fingerprint density at radius 3 is 2.59 bits per heavy atom. The number of nitrogens with zero attached hydrogens (tertiary/aromatic N) is 2. The van der Waals surface area contributed by atoms with Crippen LogP contribution in [-0.2, 0) is 9.53 Å². The van der Waals surface area contributed by atoms with Gasteiger partial charge in [-0.05, 0) is 62.2 Å². The molecule has 1 atom stereocenters. The molecule has 2 aromatic rings. The van der Waals surface area contributed by atoms with Crippen LogP contribution in [0.3, 0.4) is 0 Å². The largest absolute Gasteiger partial charge is 0.461 e. The van der Waals surface area contributed by atoms with Crippen molar-refractivity contribution in [3.63, 3.8) is 0 Å². The summed E-state index contributed by atoms with van der Waals surface area (Å²) in [4.78, 5) is 12.2. The Morgan fingerprint density at radius 2 is 2.04 bits per heavy atom. The summed E-state index contributed by atoms with van der Waals surface area (Å²) in [6.45, 7) is 4.04. The van der Waals surface area contributed by atoms with E-state index in [1.54, 1.807) is 6.08 Å². The summed E-state index contributed by atoms with van der Waals surface area (Å²) in [5, 5.41) is 9.37. The van der Waals surface area contributed by atoms with E-state index < -0.39 is 10.3 Å². The summed E-state index contributed by atoms with van der Waals surface area (Å²) in [6, 6.07) is 11.8. The zero-order chi connectivity index (χ0) is 19.8. The number of carbonyl (C=O) groups is 1. The van der Waals surface area contributed by atoms with Gasteiger partial charge in [0.25, 0.3) is 0 Å². The lowest BCUT2D eigenvalue weighted by atomic mass is 10.1. The highest BCUT2D eigenvalue weighted by Gasteiger charge is 2.52. The molecule has 140 valence electrons. The third-order valence-electron chi connectivity index (χ3n) is 4.57. The number of carbonyl (C=O) groups excluding carboxylic acids is 1. The summed E-state index contributed by atoms with van der Waals surface area (Å²) >= 11 is 15.3. The van der Waals surface area contributed by atoms with Crippen LogP contribution in [0.2, 0.25) is 0 Å². The standard InChI is InChI=1S/C20H17BrCl2N2O2/c1-12-7-14(13(2)25(12)18-5-3-17(21)4-6-18)8-15(10-24)19(26)27-11-16-9-20(16,22)23/h3-8,16H,9,11H2,1-2H3. The van der Waals surface area contributed by atoms with Gasteiger partial charge in [-0.15, -0.1) is 23.2 Å². The molecule has 3 rings (SSSR count). The third kappa shape index (κ3) is 4.40. The van der Waals surface area contributed by atoms with Gasteiger partial charge in [0.05, 0.1) is 6.61 Å². The molecular formula is C20H17BrCl2N2O2. The number of aromatic nitrogens is 1. The Bertz CT molecular complexity index is 956. The van der Waals surface area contributed by atoms with Crippen LogP contribution in [0.25, 0.3) is 11.8 Å². The van der Waals surface area contributed by atoms with Gasteiger partial charge < -0.3 is 9.30 Å². The minimum atomic E-state index is -0.813. The molecule has 0 bridgehead atoms. The van der Waals surface area contributed by atoms with E-state index in [2.05, 4.69) is 20.5 Å². The Hall–Kier alpha value is -1.74. The molecule has 0 amide bonds. The number of alkyl halides is 2. The number of halogens is 3. The van der Waals surface area contributed by atoms with Gasteiger partial charge in [0.2, 0.25) is 0 Å². The zero-order valence-corrected chi connectivity index (χ0v) is 17.9. The fourth-order valence-corrected chi connectivity index (χ4v) is 3.68. The lowest BCUT2D eigenvalue weighted by molar-refractivity contribution is -0.138. The topological polar surface area (TPSA) is 55.0 Å². The molecule has 1 aromatic carbocycles. The summed E-state index contributed by atoms with van der Waals surface area (Å²) in [7, 11) is 0. The average molecular weight is 468 g/mol. The molecule has 1 fully saturated rings. The van der Waals surface area contributed by atoms with Crippen molar-refractivity contribution < 1.29 is 9.53 Å². The van der Waals surface area contributed by atoms with Gasteiger partial charge in [-0.2, -0.15) is 5.26 Å². The van der Waals surface area contributed by atoms with Gasteiger partial charge in [-0.3, -0.25) is 0 Å². The summed E-state index contributed by atoms with van der Waals surface area (Å²) < 4.78 is 7.44. The van der Waals surface area contributed by atoms with Gasteiger partial charge in [0.15, 0.2) is 0 Å². The Labute approximate surface area is 176 Å². The predicted octanol–water partition coefficient (Wildman–Crippen LogP) is 5.50. The van der Waals surface area contributed by atoms with E-state index in [4.69, 9.17) is 27.9 Å². The first-order valence-corrected chi connectivity index (χ1v) is 9.89. The molecule has 0 spiro atoms. The molecule has 0 radical (unpaired) electrons. The second kappa shape index (κ2) is 7.71. The summed E-state index contributed by atoms with van der Waals surface area (Å²) in [6.07, 6.45) is 2.14. The van der Waals surface area contributed by atoms with Gasteiger partial charge in [0, 0.05) is 27.5 Å². The first kappa shape index (κ1) is 20.0. The molecule has 0 aliphatic heterocycles. The predicted molar refractivity (Wildman–Crippen MR) is 110 cm³/mol. The Morgan fingerprint density at radius 1 is 1.41 bits per heavy atom. The highest BCUT2D eigenvalue weighted by atomic mass is 79.9. The maximum absolute atomic E-state index is 12.2. The second-order valence-corrected chi connectivity index (χ2v) is 9.03. The average Bonchev–Trinajstić information content (AvgIpc) is 3.14. The monoisotopic (exact) mass is 466 g/mol. The minimum absolute atomic E-state index is 0.0542. The van der Waals surface area contributed by atoms with E-state index in [0.29, 0.717) is 6.42 Å². The number of ether oxygens (including phenoxy) is 1. The smallest absolute Gasteiger partial charge is 0.348 e. The van der Waals surface area contributed by atoms with Crippen LogP contribution in [0.5, 0.6) is 0 Å². The van der Waals surface area contributed by atoms with Crippen LogP contribution in [0.4, 0.5) is 0 Å². The Balaban J connectivity index is 1.82. The summed E-state index contributed by atoms with van der Waals surface area (Å²) in [5.41, 5.74) is 3.67. The highest BCUT2D eigenvalue weighted by molar-refractivity contribution is 9.10. The van der Waals surface area contributed by atoms with Crippen LogP contribution >= 0.6 is 39.1 Å². The maximum atomic E-state index is 12.2. The van der Waals surface area contributed by atoms with E-state index in [9.17, 15) is 10.1 Å². The van der Waals surface area contributed by atoms with Crippen molar-refractivity contribution in [2.45, 2.75) is 24.6 Å². The molecule has 1 aromatic heterocycles. The van der Waals surface area contributed by atoms with Crippen LogP contribution < -0.4 is 0 Å². The second-order valence-electron chi connectivity index (χ2n) is 6.57. The first-order valence-electron chi connectivity index (χ1n) is 8.34. The molecule has 7 heteroatoms. The maximum Gasteiger partial charge on any atom is 0.348 e. The molecule has 1 aliphatic carbocycles. The number of hydrogen-bond donors (Lipinski definition) is 0. The van der Waals surface area contributed by atoms with E-state index in [-0.39, 0.29) is 18.1 Å². The molecule has 0 saturated heterocycles. The van der Waals surface area contributed by atoms with Gasteiger partial charge >= 0.3 is 5.97 Å². The summed E-state index contributed by atoms with van der Waals surface area (Å²) in [5.74, 6) is -0.742. The van der Waals surface area contributed by atoms with Gasteiger partial charge in [-0.1, -0.05) is 15.9 Å². The fraction of sp³-hybridized carbons (Fsp3) is 0.300. The molecule has 0 N–H and O–H groups in total. The quantitative estimate of drug-likeness (QED) is 0.252. The molecule has 4 nitrogen and oxygen atoms in total. The number of benzene rings is 1. The lowest BCUT2D eigenvalue weighted by Gasteiger charge is -2.09. The zero-order valence-electron chi connectivity index (χ0n) is 14.8. The van der Waals surface area contributed by atoms with Gasteiger partial charge in [0.1, 0.15) is 16.0 Å². The SMILES string of the molecule is Cc1cc(C=C(C#N)C(=O)OCC2CC2(Cl)Cl)c(C)n1-c1ccc(Br)cc1. The van der Waals surface area contributed by atoms with Crippen LogP contribution in [0, 0.1) is 31.1 Å². The van der Waals surface area contributed by atoms with Gasteiger partial charge in [-0.25, -0.2) is 4.79 Å². The molecule has 27 heavy (non-hydrogen) atoms. The van der Waals surface area contributed by atoms with Crippen molar-refractivity contribution in [2.75, 3.05) is 6.61 Å². The van der Waals surface area contributed by atoms with E-state index >= 15 is 0 Å². The highest BCUT2D eigenvalue weighted by Crippen LogP contribution is 2.53. The lowest BCUT2D eigenvalue weighted by Crippen LogP contribution is -2.11. The number of aryl methyl sites for hydroxylation is 1. The fourth-order valence-electron chi connectivity index (χ4n) is 2.92. The van der Waals surface area contributed by atoms with Crippen molar-refractivity contribution >= 4 is 51.2 Å². The number of nitriles is 1. The molecule has 1 heterocycles. The van der Waals surface area contributed by atoms with Crippen molar-refractivity contribution in [3.05, 3.63) is 57.3 Å². The molecular weight excluding hydrogens is 451 g/mol. The van der Waals surface area contributed by atoms with Crippen molar-refractivity contribution in [1.82, 2.24) is 4.57 Å². The Kier molecular flexibility index (Phi) is 5.71. The van der Waals surface area contributed by atoms with Crippen molar-refractivity contribution in [2.24, 2.45) is 5.92 Å². The minimum Gasteiger partial charge on any atom is -0.461 e. The van der Waals surface area contributed by atoms with Crippen LogP contribution in [0.1, 0.15) is 23.4 Å². The first-order chi connectivity index (χ1) is 12.7. The van der Waals surface area contributed by atoms with Crippen molar-refractivity contribution in [3.8, 4) is 11.8 Å². The normalized spacial score (nSPS) is 18.1. The van der Waals surface area contributed by atoms with Crippen LogP contribution in [0.15, 0.2) is 40.4 Å². The number of esters is 1. The third-order valence-corrected chi connectivity index (χ3v) is 6.02. The van der Waals surface area contributed by atoms with Crippen molar-refractivity contribution in [1.29, 1.82) is 5.26 Å². The molecule has 1 unspecified atom stereocenters. The molecule has 1 saturated carbocycles. The van der Waals surface area contributed by atoms with Crippen LogP contribution in [-0.4, -0.2) is 21.5 Å².